The molecule has 19 heavy (non-hydrogen) atoms. The molecule has 3 nitrogen and oxygen atoms in total. The smallest absolute Gasteiger partial charge is 0.0901 e. The van der Waals surface area contributed by atoms with Crippen LogP contribution in [0.2, 0.25) is 0 Å². The predicted octanol–water partition coefficient (Wildman–Crippen LogP) is 3.41. The van der Waals surface area contributed by atoms with E-state index in [0.717, 1.165) is 23.5 Å². The minimum absolute atomic E-state index is 0.363. The Labute approximate surface area is 117 Å². The van der Waals surface area contributed by atoms with Crippen LogP contribution in [-0.4, -0.2) is 17.1 Å². The lowest BCUT2D eigenvalue weighted by Crippen LogP contribution is -2.20. The van der Waals surface area contributed by atoms with Crippen molar-refractivity contribution in [2.24, 2.45) is 5.73 Å². The fraction of sp³-hybridized carbons (Fsp3) is 0.400. The second kappa shape index (κ2) is 5.31. The van der Waals surface area contributed by atoms with E-state index in [9.17, 15) is 0 Å². The van der Waals surface area contributed by atoms with Crippen LogP contribution in [0.1, 0.15) is 24.3 Å². The molecule has 2 unspecified atom stereocenters. The van der Waals surface area contributed by atoms with Gasteiger partial charge < -0.3 is 11.1 Å². The molecular weight excluding hydrogens is 254 g/mol. The van der Waals surface area contributed by atoms with E-state index < -0.39 is 0 Å². The van der Waals surface area contributed by atoms with Gasteiger partial charge in [-0.2, -0.15) is 0 Å². The third-order valence-electron chi connectivity index (χ3n) is 3.62. The second-order valence-electron chi connectivity index (χ2n) is 5.25. The summed E-state index contributed by atoms with van der Waals surface area (Å²) in [6, 6.07) is 9.37. The standard InChI is InChI=1S/C15H19N3S/c1-10-17-15(9-19-10)11-3-2-4-13(7-11)18-14-6-5-12(16)8-14/h2-4,7,9,12,14,18H,5-6,8,16H2,1H3. The highest BCUT2D eigenvalue weighted by atomic mass is 32.1. The Balaban J connectivity index is 1.76. The van der Waals surface area contributed by atoms with Gasteiger partial charge in [-0.3, -0.25) is 0 Å². The average Bonchev–Trinajstić information content (AvgIpc) is 2.99. The van der Waals surface area contributed by atoms with E-state index in [-0.39, 0.29) is 0 Å². The van der Waals surface area contributed by atoms with Crippen LogP contribution >= 0.6 is 11.3 Å². The second-order valence-corrected chi connectivity index (χ2v) is 6.31. The van der Waals surface area contributed by atoms with Gasteiger partial charge >= 0.3 is 0 Å². The van der Waals surface area contributed by atoms with Crippen LogP contribution in [0.15, 0.2) is 29.6 Å². The van der Waals surface area contributed by atoms with Crippen LogP contribution in [0, 0.1) is 6.92 Å². The maximum absolute atomic E-state index is 5.95. The van der Waals surface area contributed by atoms with Crippen molar-refractivity contribution in [2.45, 2.75) is 38.3 Å². The normalized spacial score (nSPS) is 22.6. The predicted molar refractivity (Wildman–Crippen MR) is 81.5 cm³/mol. The summed E-state index contributed by atoms with van der Waals surface area (Å²) in [7, 11) is 0. The van der Waals surface area contributed by atoms with E-state index in [1.165, 1.54) is 17.7 Å². The molecule has 100 valence electrons. The summed E-state index contributed by atoms with van der Waals surface area (Å²) >= 11 is 1.69. The van der Waals surface area contributed by atoms with Gasteiger partial charge in [0.1, 0.15) is 0 Å². The summed E-state index contributed by atoms with van der Waals surface area (Å²) in [6.07, 6.45) is 3.36. The van der Waals surface area contributed by atoms with Crippen LogP contribution in [0.25, 0.3) is 11.3 Å². The van der Waals surface area contributed by atoms with Gasteiger partial charge in [0.15, 0.2) is 0 Å². The first-order chi connectivity index (χ1) is 9.20. The minimum Gasteiger partial charge on any atom is -0.382 e. The van der Waals surface area contributed by atoms with Gasteiger partial charge in [0.2, 0.25) is 0 Å². The summed E-state index contributed by atoms with van der Waals surface area (Å²) in [5.41, 5.74) is 9.36. The Bertz CT molecular complexity index is 564. The lowest BCUT2D eigenvalue weighted by atomic mass is 10.1. The number of hydrogen-bond donors (Lipinski definition) is 2. The van der Waals surface area contributed by atoms with Crippen molar-refractivity contribution in [2.75, 3.05) is 5.32 Å². The minimum atomic E-state index is 0.363. The average molecular weight is 273 g/mol. The molecule has 1 aliphatic rings. The Kier molecular flexibility index (Phi) is 3.53. The number of aromatic nitrogens is 1. The molecule has 2 aromatic rings. The van der Waals surface area contributed by atoms with Gasteiger partial charge in [0.05, 0.1) is 10.7 Å². The molecule has 3 N–H and O–H groups in total. The number of thiazole rings is 1. The summed E-state index contributed by atoms with van der Waals surface area (Å²) in [5.74, 6) is 0. The van der Waals surface area contributed by atoms with Crippen LogP contribution < -0.4 is 11.1 Å². The molecule has 0 bridgehead atoms. The van der Waals surface area contributed by atoms with Crippen molar-refractivity contribution < 1.29 is 0 Å². The van der Waals surface area contributed by atoms with Crippen molar-refractivity contribution in [1.29, 1.82) is 0 Å². The molecule has 1 saturated carbocycles. The number of aryl methyl sites for hydroxylation is 1. The lowest BCUT2D eigenvalue weighted by molar-refractivity contribution is 0.688. The first kappa shape index (κ1) is 12.6. The number of anilines is 1. The number of nitrogens with one attached hydrogen (secondary N) is 1. The van der Waals surface area contributed by atoms with Crippen molar-refractivity contribution in [3.05, 3.63) is 34.7 Å². The molecule has 0 aliphatic heterocycles. The summed E-state index contributed by atoms with van der Waals surface area (Å²) in [4.78, 5) is 4.54. The van der Waals surface area contributed by atoms with Gasteiger partial charge in [-0.25, -0.2) is 4.98 Å². The van der Waals surface area contributed by atoms with Crippen LogP contribution in [0.5, 0.6) is 0 Å². The Morgan fingerprint density at radius 3 is 2.95 bits per heavy atom. The third kappa shape index (κ3) is 2.96. The highest BCUT2D eigenvalue weighted by Gasteiger charge is 2.21. The van der Waals surface area contributed by atoms with Crippen molar-refractivity contribution in [3.8, 4) is 11.3 Å². The zero-order chi connectivity index (χ0) is 13.2. The van der Waals surface area contributed by atoms with Gasteiger partial charge in [0, 0.05) is 28.7 Å². The SMILES string of the molecule is Cc1nc(-c2cccc(NC3CCC(N)C3)c2)cs1. The molecule has 2 atom stereocenters. The molecule has 1 aromatic carbocycles. The zero-order valence-electron chi connectivity index (χ0n) is 11.1. The van der Waals surface area contributed by atoms with Gasteiger partial charge in [-0.05, 0) is 38.3 Å². The summed E-state index contributed by atoms with van der Waals surface area (Å²) in [6.45, 7) is 2.04. The summed E-state index contributed by atoms with van der Waals surface area (Å²) in [5, 5.41) is 6.80. The molecule has 1 heterocycles. The van der Waals surface area contributed by atoms with Crippen LogP contribution in [0.3, 0.4) is 0 Å². The highest BCUT2D eigenvalue weighted by molar-refractivity contribution is 7.09. The first-order valence-corrected chi connectivity index (χ1v) is 7.63. The van der Waals surface area contributed by atoms with Gasteiger partial charge in [-0.1, -0.05) is 12.1 Å². The monoisotopic (exact) mass is 273 g/mol. The Hall–Kier alpha value is -1.39. The molecule has 1 aliphatic carbocycles. The van der Waals surface area contributed by atoms with E-state index in [4.69, 9.17) is 5.73 Å². The van der Waals surface area contributed by atoms with Crippen LogP contribution in [-0.2, 0) is 0 Å². The molecule has 1 fully saturated rings. The topological polar surface area (TPSA) is 50.9 Å². The third-order valence-corrected chi connectivity index (χ3v) is 4.39. The largest absolute Gasteiger partial charge is 0.382 e. The molecule has 3 rings (SSSR count). The number of benzene rings is 1. The lowest BCUT2D eigenvalue weighted by Gasteiger charge is -2.14. The highest BCUT2D eigenvalue weighted by Crippen LogP contribution is 2.26. The molecule has 0 radical (unpaired) electrons. The Morgan fingerprint density at radius 2 is 2.26 bits per heavy atom. The fourth-order valence-corrected chi connectivity index (χ4v) is 3.27. The quantitative estimate of drug-likeness (QED) is 0.901. The van der Waals surface area contributed by atoms with Crippen LogP contribution in [0.4, 0.5) is 5.69 Å². The van der Waals surface area contributed by atoms with E-state index in [1.807, 2.05) is 6.92 Å². The molecule has 0 spiro atoms. The van der Waals surface area contributed by atoms with Gasteiger partial charge in [-0.15, -0.1) is 11.3 Å². The maximum Gasteiger partial charge on any atom is 0.0901 e. The van der Waals surface area contributed by atoms with Crippen molar-refractivity contribution in [1.82, 2.24) is 4.98 Å². The number of nitrogens with two attached hydrogens (primary N) is 1. The molecule has 1 aromatic heterocycles. The molecule has 0 saturated heterocycles. The molecule has 0 amide bonds. The van der Waals surface area contributed by atoms with E-state index in [2.05, 4.69) is 39.9 Å². The van der Waals surface area contributed by atoms with E-state index in [1.54, 1.807) is 11.3 Å². The molecule has 4 heteroatoms. The number of rotatable bonds is 3. The Morgan fingerprint density at radius 1 is 1.37 bits per heavy atom. The zero-order valence-corrected chi connectivity index (χ0v) is 11.9. The van der Waals surface area contributed by atoms with Gasteiger partial charge in [0.25, 0.3) is 0 Å². The first-order valence-electron chi connectivity index (χ1n) is 6.75. The van der Waals surface area contributed by atoms with E-state index >= 15 is 0 Å². The number of nitrogens with zero attached hydrogens (tertiary/aromatic N) is 1. The summed E-state index contributed by atoms with van der Waals surface area (Å²) < 4.78 is 0. The van der Waals surface area contributed by atoms with Crippen molar-refractivity contribution >= 4 is 17.0 Å². The van der Waals surface area contributed by atoms with E-state index in [0.29, 0.717) is 12.1 Å². The maximum atomic E-state index is 5.95. The molecular formula is C15H19N3S. The van der Waals surface area contributed by atoms with Crippen molar-refractivity contribution in [3.63, 3.8) is 0 Å². The fourth-order valence-electron chi connectivity index (χ4n) is 2.65. The number of hydrogen-bond acceptors (Lipinski definition) is 4.